The molecule has 0 fully saturated rings. The number of nitrogens with zero attached hydrogens (tertiary/aromatic N) is 1. The molecule has 0 aromatic carbocycles. The highest BCUT2D eigenvalue weighted by Gasteiger charge is 2.35. The van der Waals surface area contributed by atoms with Gasteiger partial charge in [0.2, 0.25) is 0 Å². The van der Waals surface area contributed by atoms with E-state index < -0.39 is 0 Å². The number of rotatable bonds is 13. The number of hydrogen-bond acceptors (Lipinski definition) is 2. The van der Waals surface area contributed by atoms with E-state index in [9.17, 15) is 0 Å². The first-order valence-corrected chi connectivity index (χ1v) is 8.69. The molecule has 0 aromatic heterocycles. The van der Waals surface area contributed by atoms with E-state index in [1.54, 1.807) is 0 Å². The van der Waals surface area contributed by atoms with E-state index >= 15 is 0 Å². The average molecular weight is 283 g/mol. The van der Waals surface area contributed by atoms with Gasteiger partial charge in [0.25, 0.3) is 0 Å². The molecule has 0 aliphatic carbocycles. The van der Waals surface area contributed by atoms with Gasteiger partial charge in [-0.25, -0.2) is 0 Å². The summed E-state index contributed by atoms with van der Waals surface area (Å²) in [6.07, 6.45) is 9.62. The quantitative estimate of drug-likeness (QED) is 0.392. The van der Waals surface area contributed by atoms with Crippen molar-refractivity contribution >= 4 is 0 Å². The highest BCUT2D eigenvalue weighted by Crippen LogP contribution is 2.27. The molecule has 0 spiro atoms. The first-order valence-electron chi connectivity index (χ1n) is 8.69. The van der Waals surface area contributed by atoms with Crippen LogP contribution in [-0.2, 0) is 0 Å². The van der Waals surface area contributed by atoms with E-state index in [1.807, 2.05) is 6.08 Å². The molecule has 0 bridgehead atoms. The van der Waals surface area contributed by atoms with Crippen molar-refractivity contribution in [1.82, 2.24) is 10.2 Å². The minimum Gasteiger partial charge on any atom is -0.312 e. The van der Waals surface area contributed by atoms with Crippen molar-refractivity contribution in [2.75, 3.05) is 19.6 Å². The van der Waals surface area contributed by atoms with Crippen molar-refractivity contribution in [3.8, 4) is 0 Å². The molecule has 0 radical (unpaired) electrons. The highest BCUT2D eigenvalue weighted by atomic mass is 15.2. The van der Waals surface area contributed by atoms with Gasteiger partial charge < -0.3 is 5.32 Å². The molecule has 0 aromatic rings. The van der Waals surface area contributed by atoms with E-state index in [0.717, 1.165) is 26.1 Å². The fraction of sp³-hybridized carbons (Fsp3) is 0.889. The second-order valence-corrected chi connectivity index (χ2v) is 5.92. The molecule has 2 heteroatoms. The minimum absolute atomic E-state index is 0.276. The van der Waals surface area contributed by atoms with Gasteiger partial charge in [-0.3, -0.25) is 4.90 Å². The first kappa shape index (κ1) is 19.7. The molecule has 1 N–H and O–H groups in total. The fourth-order valence-electron chi connectivity index (χ4n) is 3.33. The Hall–Kier alpha value is -0.340. The van der Waals surface area contributed by atoms with Crippen LogP contribution in [0.3, 0.4) is 0 Å². The lowest BCUT2D eigenvalue weighted by Gasteiger charge is -2.46. The molecule has 20 heavy (non-hydrogen) atoms. The molecule has 120 valence electrons. The van der Waals surface area contributed by atoms with Crippen molar-refractivity contribution in [2.45, 2.75) is 84.7 Å². The number of unbranched alkanes of at least 4 members (excludes halogenated alkanes) is 3. The average Bonchev–Trinajstić information content (AvgIpc) is 2.46. The zero-order valence-electron chi connectivity index (χ0n) is 14.7. The molecule has 0 aliphatic heterocycles. The Kier molecular flexibility index (Phi) is 11.1. The van der Waals surface area contributed by atoms with E-state index in [4.69, 9.17) is 0 Å². The molecule has 0 rings (SSSR count). The predicted molar refractivity (Wildman–Crippen MR) is 92.4 cm³/mol. The largest absolute Gasteiger partial charge is 0.312 e. The molecule has 2 unspecified atom stereocenters. The summed E-state index contributed by atoms with van der Waals surface area (Å²) >= 11 is 0. The Morgan fingerprint density at radius 1 is 1.10 bits per heavy atom. The van der Waals surface area contributed by atoms with Gasteiger partial charge in [0, 0.05) is 11.6 Å². The first-order chi connectivity index (χ1) is 9.60. The molecule has 0 saturated carbocycles. The molecule has 0 aliphatic rings. The van der Waals surface area contributed by atoms with E-state index in [1.165, 1.54) is 32.1 Å². The van der Waals surface area contributed by atoms with Crippen LogP contribution >= 0.6 is 0 Å². The lowest BCUT2D eigenvalue weighted by atomic mass is 9.83. The van der Waals surface area contributed by atoms with E-state index in [0.29, 0.717) is 6.04 Å². The number of nitrogens with one attached hydrogen (secondary N) is 1. The molecule has 0 saturated heterocycles. The summed E-state index contributed by atoms with van der Waals surface area (Å²) in [7, 11) is 0. The van der Waals surface area contributed by atoms with Crippen molar-refractivity contribution in [3.05, 3.63) is 12.7 Å². The van der Waals surface area contributed by atoms with Crippen LogP contribution in [0.1, 0.15) is 73.1 Å². The maximum absolute atomic E-state index is 3.80. The van der Waals surface area contributed by atoms with Crippen LogP contribution in [-0.4, -0.2) is 36.1 Å². The van der Waals surface area contributed by atoms with Crippen LogP contribution in [0, 0.1) is 0 Å². The Morgan fingerprint density at radius 2 is 1.75 bits per heavy atom. The Morgan fingerprint density at radius 3 is 2.20 bits per heavy atom. The minimum atomic E-state index is 0.276. The molecule has 2 atom stereocenters. The summed E-state index contributed by atoms with van der Waals surface area (Å²) in [6.45, 7) is 18.7. The highest BCUT2D eigenvalue weighted by molar-refractivity contribution is 4.95. The lowest BCUT2D eigenvalue weighted by molar-refractivity contribution is 0.0662. The summed E-state index contributed by atoms with van der Waals surface area (Å²) in [4.78, 5) is 2.63. The van der Waals surface area contributed by atoms with Crippen LogP contribution in [0.4, 0.5) is 0 Å². The van der Waals surface area contributed by atoms with Crippen LogP contribution in [0.2, 0.25) is 0 Å². The maximum atomic E-state index is 3.80. The summed E-state index contributed by atoms with van der Waals surface area (Å²) in [5, 5.41) is 3.75. The van der Waals surface area contributed by atoms with Crippen molar-refractivity contribution in [1.29, 1.82) is 0 Å². The SMILES string of the molecule is C=CCCCCCC(NCC)C(C)(CC)N(CC)CC. The number of likely N-dealkylation sites (N-methyl/N-ethyl adjacent to an activating group) is 2. The normalized spacial score (nSPS) is 16.1. The third-order valence-corrected chi connectivity index (χ3v) is 4.80. The third-order valence-electron chi connectivity index (χ3n) is 4.80. The standard InChI is InChI=1S/C18H38N2/c1-7-12-13-14-15-16-17(19-9-3)18(6,8-2)20(10-4)11-5/h7,17,19H,1,8-16H2,2-6H3. The molecule has 0 amide bonds. The van der Waals surface area contributed by atoms with Gasteiger partial charge >= 0.3 is 0 Å². The van der Waals surface area contributed by atoms with Crippen molar-refractivity contribution in [2.24, 2.45) is 0 Å². The second kappa shape index (κ2) is 11.3. The van der Waals surface area contributed by atoms with Crippen molar-refractivity contribution < 1.29 is 0 Å². The molecule has 0 heterocycles. The molecular weight excluding hydrogens is 244 g/mol. The predicted octanol–water partition coefficient (Wildman–Crippen LogP) is 4.61. The van der Waals surface area contributed by atoms with E-state index in [2.05, 4.69) is 51.4 Å². The van der Waals surface area contributed by atoms with Gasteiger partial charge in [-0.2, -0.15) is 0 Å². The third kappa shape index (κ3) is 5.97. The zero-order valence-corrected chi connectivity index (χ0v) is 14.7. The fourth-order valence-corrected chi connectivity index (χ4v) is 3.33. The maximum Gasteiger partial charge on any atom is 0.0331 e. The van der Waals surface area contributed by atoms with Gasteiger partial charge in [-0.15, -0.1) is 6.58 Å². The van der Waals surface area contributed by atoms with Gasteiger partial charge in [-0.1, -0.05) is 46.6 Å². The number of hydrogen-bond donors (Lipinski definition) is 1. The monoisotopic (exact) mass is 282 g/mol. The topological polar surface area (TPSA) is 15.3 Å². The van der Waals surface area contributed by atoms with E-state index in [-0.39, 0.29) is 5.54 Å². The Balaban J connectivity index is 4.61. The van der Waals surface area contributed by atoms with Crippen LogP contribution in [0.25, 0.3) is 0 Å². The van der Waals surface area contributed by atoms with Crippen LogP contribution in [0.5, 0.6) is 0 Å². The van der Waals surface area contributed by atoms with Crippen LogP contribution < -0.4 is 5.32 Å². The smallest absolute Gasteiger partial charge is 0.0331 e. The second-order valence-electron chi connectivity index (χ2n) is 5.92. The Labute approximate surface area is 128 Å². The molecular formula is C18H38N2. The zero-order chi connectivity index (χ0) is 15.4. The van der Waals surface area contributed by atoms with Gasteiger partial charge in [0.1, 0.15) is 0 Å². The summed E-state index contributed by atoms with van der Waals surface area (Å²) in [5.41, 5.74) is 0.276. The lowest BCUT2D eigenvalue weighted by Crippen LogP contribution is -2.59. The van der Waals surface area contributed by atoms with Gasteiger partial charge in [-0.05, 0) is 52.2 Å². The van der Waals surface area contributed by atoms with Gasteiger partial charge in [0.15, 0.2) is 0 Å². The van der Waals surface area contributed by atoms with Crippen LogP contribution in [0.15, 0.2) is 12.7 Å². The molecule has 2 nitrogen and oxygen atoms in total. The van der Waals surface area contributed by atoms with Crippen molar-refractivity contribution in [3.63, 3.8) is 0 Å². The van der Waals surface area contributed by atoms with Gasteiger partial charge in [0.05, 0.1) is 0 Å². The summed E-state index contributed by atoms with van der Waals surface area (Å²) in [6, 6.07) is 0.598. The Bertz CT molecular complexity index is 236. The number of allylic oxidation sites excluding steroid dienone is 1. The summed E-state index contributed by atoms with van der Waals surface area (Å²) in [5.74, 6) is 0. The summed E-state index contributed by atoms with van der Waals surface area (Å²) < 4.78 is 0.